The smallest absolute Gasteiger partial charge is 0.269 e. The van der Waals surface area contributed by atoms with Crippen LogP contribution in [0.1, 0.15) is 42.7 Å². The van der Waals surface area contributed by atoms with Crippen LogP contribution in [0.2, 0.25) is 0 Å². The summed E-state index contributed by atoms with van der Waals surface area (Å²) >= 11 is 0. The van der Waals surface area contributed by atoms with Crippen LogP contribution in [0.25, 0.3) is 16.6 Å². The predicted molar refractivity (Wildman–Crippen MR) is 142 cm³/mol. The van der Waals surface area contributed by atoms with E-state index in [2.05, 4.69) is 14.9 Å². The third-order valence-electron chi connectivity index (χ3n) is 7.97. The van der Waals surface area contributed by atoms with Crippen LogP contribution in [0.3, 0.4) is 0 Å². The molecule has 2 fully saturated rings. The number of fused-ring (bicyclic) bond motifs is 1. The van der Waals surface area contributed by atoms with Crippen molar-refractivity contribution in [1.82, 2.24) is 13.9 Å². The topological polar surface area (TPSA) is 76.8 Å². The SMILES string of the molecule is O=S(=O)(c1ccccc1)n1cc(C2=CC(C(F)F)N=C2)c2cc([C@H]3CC[C@H](N4CCOCC4)CC3)cnc21. The second-order valence-corrected chi connectivity index (χ2v) is 12.0. The maximum Gasteiger partial charge on any atom is 0.269 e. The quantitative estimate of drug-likeness (QED) is 0.452. The van der Waals surface area contributed by atoms with E-state index in [1.54, 1.807) is 24.4 Å². The van der Waals surface area contributed by atoms with E-state index in [9.17, 15) is 17.2 Å². The van der Waals surface area contributed by atoms with Crippen LogP contribution in [0.15, 0.2) is 64.8 Å². The fraction of sp³-hybridized carbons (Fsp3) is 0.429. The Hall–Kier alpha value is -2.95. The molecule has 1 saturated heterocycles. The van der Waals surface area contributed by atoms with E-state index in [0.717, 1.165) is 61.5 Å². The van der Waals surface area contributed by atoms with Gasteiger partial charge >= 0.3 is 0 Å². The minimum absolute atomic E-state index is 0.135. The number of alkyl halides is 2. The first-order valence-electron chi connectivity index (χ1n) is 13.1. The minimum Gasteiger partial charge on any atom is -0.379 e. The number of benzene rings is 1. The number of nitrogens with zero attached hydrogens (tertiary/aromatic N) is 4. The zero-order valence-corrected chi connectivity index (χ0v) is 21.7. The Labute approximate surface area is 220 Å². The normalized spacial score (nSPS) is 24.8. The number of halogens is 2. The molecule has 2 aliphatic heterocycles. The summed E-state index contributed by atoms with van der Waals surface area (Å²) < 4.78 is 60.5. The number of rotatable bonds is 6. The van der Waals surface area contributed by atoms with Crippen LogP contribution >= 0.6 is 0 Å². The van der Waals surface area contributed by atoms with E-state index in [0.29, 0.717) is 28.5 Å². The fourth-order valence-electron chi connectivity index (χ4n) is 5.89. The molecular formula is C28H30F2N4O3S. The predicted octanol–water partition coefficient (Wildman–Crippen LogP) is 4.73. The first-order chi connectivity index (χ1) is 18.4. The molecule has 10 heteroatoms. The molecule has 2 aromatic heterocycles. The van der Waals surface area contributed by atoms with Gasteiger partial charge in [-0.2, -0.15) is 0 Å². The lowest BCUT2D eigenvalue weighted by molar-refractivity contribution is 0.00729. The van der Waals surface area contributed by atoms with Gasteiger partial charge in [-0.1, -0.05) is 18.2 Å². The number of aromatic nitrogens is 2. The van der Waals surface area contributed by atoms with Gasteiger partial charge in [0.25, 0.3) is 16.4 Å². The number of aliphatic imine (C=N–C) groups is 1. The van der Waals surface area contributed by atoms with Gasteiger partial charge in [0.05, 0.1) is 18.1 Å². The molecule has 0 bridgehead atoms. The van der Waals surface area contributed by atoms with E-state index in [1.807, 2.05) is 6.07 Å². The van der Waals surface area contributed by atoms with Gasteiger partial charge in [0.1, 0.15) is 6.04 Å². The first-order valence-corrected chi connectivity index (χ1v) is 14.5. The van der Waals surface area contributed by atoms with Gasteiger partial charge in [-0.25, -0.2) is 26.2 Å². The second-order valence-electron chi connectivity index (χ2n) is 10.2. The molecule has 0 N–H and O–H groups in total. The molecule has 3 aliphatic rings. The molecule has 1 aliphatic carbocycles. The molecule has 0 radical (unpaired) electrons. The molecule has 1 atom stereocenters. The summed E-state index contributed by atoms with van der Waals surface area (Å²) in [5, 5.41) is 0.630. The molecule has 7 nitrogen and oxygen atoms in total. The van der Waals surface area contributed by atoms with E-state index < -0.39 is 22.5 Å². The number of morpholine rings is 1. The maximum absolute atomic E-state index is 13.6. The standard InChI is InChI=1S/C28H30F2N4O3S/c29-27(30)26-15-21(17-31-26)25-18-34(38(35,36)23-4-2-1-3-5-23)28-24(25)14-20(16-32-28)19-6-8-22(9-7-19)33-10-12-37-13-11-33/h1-5,14-19,22,26-27H,6-13H2/t19-,22-,26?. The molecule has 4 heterocycles. The molecule has 6 rings (SSSR count). The van der Waals surface area contributed by atoms with Crippen molar-refractivity contribution < 1.29 is 21.9 Å². The summed E-state index contributed by atoms with van der Waals surface area (Å²) in [5.41, 5.74) is 2.36. The number of pyridine rings is 1. The zero-order chi connectivity index (χ0) is 26.3. The molecule has 200 valence electrons. The summed E-state index contributed by atoms with van der Waals surface area (Å²) in [5.74, 6) is 0.311. The van der Waals surface area contributed by atoms with Gasteiger partial charge in [0.2, 0.25) is 0 Å². The summed E-state index contributed by atoms with van der Waals surface area (Å²) in [7, 11) is -3.94. The Morgan fingerprint density at radius 1 is 1.03 bits per heavy atom. The highest BCUT2D eigenvalue weighted by Gasteiger charge is 2.30. The number of hydrogen-bond donors (Lipinski definition) is 0. The average molecular weight is 541 g/mol. The Kier molecular flexibility index (Phi) is 6.88. The lowest BCUT2D eigenvalue weighted by atomic mass is 9.81. The van der Waals surface area contributed by atoms with Gasteiger partial charge < -0.3 is 4.74 Å². The van der Waals surface area contributed by atoms with Crippen LogP contribution in [0, 0.1) is 0 Å². The van der Waals surface area contributed by atoms with Crippen molar-refractivity contribution in [1.29, 1.82) is 0 Å². The second kappa shape index (κ2) is 10.3. The summed E-state index contributed by atoms with van der Waals surface area (Å²) in [6.07, 6.45) is 7.67. The van der Waals surface area contributed by atoms with E-state index >= 15 is 0 Å². The van der Waals surface area contributed by atoms with Crippen molar-refractivity contribution in [3.05, 3.63) is 66.0 Å². The Balaban J connectivity index is 1.36. The van der Waals surface area contributed by atoms with Crippen LogP contribution in [-0.2, 0) is 14.8 Å². The van der Waals surface area contributed by atoms with Crippen LogP contribution in [0.5, 0.6) is 0 Å². The van der Waals surface area contributed by atoms with Crippen molar-refractivity contribution in [2.45, 2.75) is 55.0 Å². The van der Waals surface area contributed by atoms with Crippen molar-refractivity contribution in [3.8, 4) is 0 Å². The van der Waals surface area contributed by atoms with E-state index in [4.69, 9.17) is 4.74 Å². The molecule has 0 amide bonds. The molecule has 3 aromatic rings. The fourth-order valence-corrected chi connectivity index (χ4v) is 7.23. The third kappa shape index (κ3) is 4.69. The number of hydrogen-bond acceptors (Lipinski definition) is 6. The Morgan fingerprint density at radius 2 is 1.76 bits per heavy atom. The van der Waals surface area contributed by atoms with Crippen molar-refractivity contribution in [2.24, 2.45) is 4.99 Å². The highest BCUT2D eigenvalue weighted by Crippen LogP contribution is 2.38. The van der Waals surface area contributed by atoms with Gasteiger partial charge in [-0.05, 0) is 61.4 Å². The molecule has 1 saturated carbocycles. The summed E-state index contributed by atoms with van der Waals surface area (Å²) in [4.78, 5) is 11.2. The van der Waals surface area contributed by atoms with E-state index in [1.165, 1.54) is 30.6 Å². The molecule has 38 heavy (non-hydrogen) atoms. The monoisotopic (exact) mass is 540 g/mol. The average Bonchev–Trinajstić information content (AvgIpc) is 3.60. The zero-order valence-electron chi connectivity index (χ0n) is 20.9. The van der Waals surface area contributed by atoms with Gasteiger partial charge in [-0.15, -0.1) is 0 Å². The van der Waals surface area contributed by atoms with Crippen molar-refractivity contribution in [2.75, 3.05) is 26.3 Å². The van der Waals surface area contributed by atoms with Gasteiger partial charge in [0.15, 0.2) is 5.65 Å². The lowest BCUT2D eigenvalue weighted by Crippen LogP contribution is -2.44. The highest BCUT2D eigenvalue weighted by atomic mass is 32.2. The molecule has 1 unspecified atom stereocenters. The summed E-state index contributed by atoms with van der Waals surface area (Å²) in [6, 6.07) is 9.47. The number of allylic oxidation sites excluding steroid dienone is 1. The minimum atomic E-state index is -3.94. The van der Waals surface area contributed by atoms with Crippen molar-refractivity contribution >= 4 is 32.8 Å². The maximum atomic E-state index is 13.6. The molecule has 0 spiro atoms. The third-order valence-corrected chi connectivity index (χ3v) is 9.63. The van der Waals surface area contributed by atoms with Gasteiger partial charge in [-0.3, -0.25) is 9.89 Å². The van der Waals surface area contributed by atoms with E-state index in [-0.39, 0.29) is 10.5 Å². The van der Waals surface area contributed by atoms with Crippen LogP contribution in [0.4, 0.5) is 8.78 Å². The Morgan fingerprint density at radius 3 is 2.45 bits per heavy atom. The highest BCUT2D eigenvalue weighted by molar-refractivity contribution is 7.90. The van der Waals surface area contributed by atoms with Crippen LogP contribution in [-0.4, -0.2) is 73.3 Å². The van der Waals surface area contributed by atoms with Crippen molar-refractivity contribution in [3.63, 3.8) is 0 Å². The van der Waals surface area contributed by atoms with Gasteiger partial charge in [0, 0.05) is 54.3 Å². The number of ether oxygens (including phenoxy) is 1. The Bertz CT molecular complexity index is 1470. The molecular weight excluding hydrogens is 510 g/mol. The largest absolute Gasteiger partial charge is 0.379 e. The summed E-state index contributed by atoms with van der Waals surface area (Å²) in [6.45, 7) is 3.53. The first kappa shape index (κ1) is 25.3. The lowest BCUT2D eigenvalue weighted by Gasteiger charge is -2.38. The van der Waals surface area contributed by atoms with Crippen LogP contribution < -0.4 is 0 Å². The molecule has 1 aromatic carbocycles.